The van der Waals surface area contributed by atoms with Crippen LogP contribution in [0.1, 0.15) is 19.0 Å². The largest absolute Gasteiger partial charge is 0.253 e. The van der Waals surface area contributed by atoms with E-state index in [0.29, 0.717) is 5.92 Å². The lowest BCUT2D eigenvalue weighted by atomic mass is 10.0. The molecule has 0 aromatic carbocycles. The molecular weight excluding hydrogens is 148 g/mol. The second-order valence-corrected chi connectivity index (χ2v) is 3.37. The molecule has 1 aromatic heterocycles. The molecule has 0 bridgehead atoms. The maximum Gasteiger partial charge on any atom is 0.0849 e. The van der Waals surface area contributed by atoms with E-state index >= 15 is 0 Å². The minimum atomic E-state index is 0.605. The Bertz CT molecular complexity index is 406. The molecule has 12 heavy (non-hydrogen) atoms. The van der Waals surface area contributed by atoms with Gasteiger partial charge in [0.1, 0.15) is 0 Å². The minimum absolute atomic E-state index is 0.605. The average Bonchev–Trinajstić information content (AvgIpc) is 2.03. The average molecular weight is 160 g/mol. The van der Waals surface area contributed by atoms with Crippen LogP contribution in [0, 0.1) is 12.8 Å². The lowest BCUT2D eigenvalue weighted by Crippen LogP contribution is -2.34. The van der Waals surface area contributed by atoms with E-state index in [2.05, 4.69) is 29.0 Å². The third-order valence-corrected chi connectivity index (χ3v) is 2.08. The Morgan fingerprint density at radius 2 is 2.25 bits per heavy atom. The van der Waals surface area contributed by atoms with Gasteiger partial charge in [-0.05, 0) is 19.3 Å². The van der Waals surface area contributed by atoms with E-state index in [1.54, 1.807) is 0 Å². The van der Waals surface area contributed by atoms with E-state index in [1.165, 1.54) is 0 Å². The standard InChI is InChI=1S/C10H12N2/c1-7-3-4-9-10(5-7)12-8(2)6-11-9/h4-7H,3H2,1-2H3. The summed E-state index contributed by atoms with van der Waals surface area (Å²) >= 11 is 0. The third kappa shape index (κ3) is 1.24. The van der Waals surface area contributed by atoms with E-state index in [9.17, 15) is 0 Å². The van der Waals surface area contributed by atoms with E-state index in [4.69, 9.17) is 0 Å². The van der Waals surface area contributed by atoms with Crippen molar-refractivity contribution in [2.24, 2.45) is 5.92 Å². The Labute approximate surface area is 71.7 Å². The molecule has 1 unspecified atom stereocenters. The SMILES string of the molecule is Cc1cnc2c(n1)=CC(C)CC=2. The number of rotatable bonds is 0. The van der Waals surface area contributed by atoms with Gasteiger partial charge in [-0.2, -0.15) is 0 Å². The molecule has 0 radical (unpaired) electrons. The van der Waals surface area contributed by atoms with E-state index in [1.807, 2.05) is 13.1 Å². The minimum Gasteiger partial charge on any atom is -0.253 e. The molecule has 0 amide bonds. The summed E-state index contributed by atoms with van der Waals surface area (Å²) in [6, 6.07) is 0. The molecule has 1 aliphatic rings. The van der Waals surface area contributed by atoms with E-state index in [0.717, 1.165) is 22.8 Å². The Morgan fingerprint density at radius 3 is 3.08 bits per heavy atom. The monoisotopic (exact) mass is 160 g/mol. The predicted molar refractivity (Wildman–Crippen MR) is 48.7 cm³/mol. The van der Waals surface area contributed by atoms with E-state index < -0.39 is 0 Å². The van der Waals surface area contributed by atoms with Crippen molar-refractivity contribution < 1.29 is 0 Å². The van der Waals surface area contributed by atoms with Gasteiger partial charge in [-0.3, -0.25) is 9.97 Å². The second kappa shape index (κ2) is 2.70. The van der Waals surface area contributed by atoms with Gasteiger partial charge in [0.2, 0.25) is 0 Å². The van der Waals surface area contributed by atoms with Crippen LogP contribution in [-0.2, 0) is 0 Å². The number of hydrogen-bond acceptors (Lipinski definition) is 2. The van der Waals surface area contributed by atoms with Gasteiger partial charge in [0.05, 0.1) is 16.4 Å². The van der Waals surface area contributed by atoms with Crippen molar-refractivity contribution in [2.45, 2.75) is 20.3 Å². The van der Waals surface area contributed by atoms with Gasteiger partial charge in [-0.25, -0.2) is 0 Å². The van der Waals surface area contributed by atoms with Gasteiger partial charge >= 0.3 is 0 Å². The van der Waals surface area contributed by atoms with Crippen LogP contribution in [0.15, 0.2) is 6.20 Å². The van der Waals surface area contributed by atoms with Gasteiger partial charge in [-0.15, -0.1) is 0 Å². The molecule has 0 aliphatic heterocycles. The molecule has 2 heteroatoms. The zero-order valence-corrected chi connectivity index (χ0v) is 7.41. The molecule has 0 saturated carbocycles. The number of aryl methyl sites for hydroxylation is 1. The zero-order valence-electron chi connectivity index (χ0n) is 7.41. The van der Waals surface area contributed by atoms with E-state index in [-0.39, 0.29) is 0 Å². The topological polar surface area (TPSA) is 25.8 Å². The number of nitrogens with zero attached hydrogens (tertiary/aromatic N) is 2. The maximum absolute atomic E-state index is 4.41. The van der Waals surface area contributed by atoms with Crippen LogP contribution in [0.3, 0.4) is 0 Å². The number of aromatic nitrogens is 2. The van der Waals surface area contributed by atoms with Gasteiger partial charge < -0.3 is 0 Å². The van der Waals surface area contributed by atoms with Crippen molar-refractivity contribution in [3.8, 4) is 0 Å². The highest BCUT2D eigenvalue weighted by Crippen LogP contribution is 2.04. The Balaban J connectivity index is 2.72. The zero-order chi connectivity index (χ0) is 8.55. The quantitative estimate of drug-likeness (QED) is 0.548. The molecule has 0 saturated heterocycles. The highest BCUT2D eigenvalue weighted by molar-refractivity contribution is 5.35. The molecule has 1 heterocycles. The van der Waals surface area contributed by atoms with Crippen LogP contribution in [0.25, 0.3) is 12.2 Å². The number of fused-ring (bicyclic) bond motifs is 1. The molecule has 0 fully saturated rings. The Morgan fingerprint density at radius 1 is 1.42 bits per heavy atom. The molecule has 62 valence electrons. The summed E-state index contributed by atoms with van der Waals surface area (Å²) in [5.74, 6) is 0.605. The second-order valence-electron chi connectivity index (χ2n) is 3.37. The van der Waals surface area contributed by atoms with Crippen LogP contribution < -0.4 is 10.7 Å². The molecule has 1 aromatic rings. The Hall–Kier alpha value is -1.18. The fourth-order valence-corrected chi connectivity index (χ4v) is 1.42. The fraction of sp³-hybridized carbons (Fsp3) is 0.400. The highest BCUT2D eigenvalue weighted by Gasteiger charge is 2.02. The molecule has 0 N–H and O–H groups in total. The summed E-state index contributed by atoms with van der Waals surface area (Å²) in [7, 11) is 0. The van der Waals surface area contributed by atoms with Crippen molar-refractivity contribution in [2.75, 3.05) is 0 Å². The summed E-state index contributed by atoms with van der Waals surface area (Å²) in [4.78, 5) is 8.72. The van der Waals surface area contributed by atoms with Crippen LogP contribution in [0.4, 0.5) is 0 Å². The maximum atomic E-state index is 4.41. The molecule has 2 nitrogen and oxygen atoms in total. The first-order valence-electron chi connectivity index (χ1n) is 4.27. The van der Waals surface area contributed by atoms with Crippen molar-refractivity contribution in [1.29, 1.82) is 0 Å². The molecular formula is C10H12N2. The van der Waals surface area contributed by atoms with Crippen LogP contribution >= 0.6 is 0 Å². The van der Waals surface area contributed by atoms with Crippen LogP contribution in [0.5, 0.6) is 0 Å². The normalized spacial score (nSPS) is 20.7. The van der Waals surface area contributed by atoms with Crippen molar-refractivity contribution >= 4 is 12.2 Å². The third-order valence-electron chi connectivity index (χ3n) is 2.08. The van der Waals surface area contributed by atoms with Crippen molar-refractivity contribution in [3.63, 3.8) is 0 Å². The highest BCUT2D eigenvalue weighted by atomic mass is 14.8. The first-order chi connectivity index (χ1) is 5.75. The van der Waals surface area contributed by atoms with Gasteiger partial charge in [0.15, 0.2) is 0 Å². The summed E-state index contributed by atoms with van der Waals surface area (Å²) in [6.07, 6.45) is 7.26. The molecule has 0 spiro atoms. The summed E-state index contributed by atoms with van der Waals surface area (Å²) in [5.41, 5.74) is 0.993. The predicted octanol–water partition coefficient (Wildman–Crippen LogP) is 0.386. The van der Waals surface area contributed by atoms with Crippen LogP contribution in [-0.4, -0.2) is 9.97 Å². The lowest BCUT2D eigenvalue weighted by Gasteiger charge is -2.05. The van der Waals surface area contributed by atoms with Gasteiger partial charge in [0, 0.05) is 6.20 Å². The first kappa shape index (κ1) is 7.47. The first-order valence-corrected chi connectivity index (χ1v) is 4.27. The van der Waals surface area contributed by atoms with Crippen molar-refractivity contribution in [1.82, 2.24) is 9.97 Å². The number of hydrogen-bond donors (Lipinski definition) is 0. The molecule has 2 rings (SSSR count). The van der Waals surface area contributed by atoms with Gasteiger partial charge in [0.25, 0.3) is 0 Å². The molecule has 1 aliphatic carbocycles. The van der Waals surface area contributed by atoms with Gasteiger partial charge in [-0.1, -0.05) is 19.1 Å². The Kier molecular flexibility index (Phi) is 1.68. The smallest absolute Gasteiger partial charge is 0.0849 e. The summed E-state index contributed by atoms with van der Waals surface area (Å²) in [6.45, 7) is 4.17. The van der Waals surface area contributed by atoms with Crippen molar-refractivity contribution in [3.05, 3.63) is 22.6 Å². The van der Waals surface area contributed by atoms with Crippen LogP contribution in [0.2, 0.25) is 0 Å². The fourth-order valence-electron chi connectivity index (χ4n) is 1.42. The lowest BCUT2D eigenvalue weighted by molar-refractivity contribution is 0.786. The summed E-state index contributed by atoms with van der Waals surface area (Å²) in [5, 5.41) is 2.09. The molecule has 1 atom stereocenters. The summed E-state index contributed by atoms with van der Waals surface area (Å²) < 4.78 is 0.